The second-order valence-electron chi connectivity index (χ2n) is 1.48. The Balaban J connectivity index is 2.99. The second kappa shape index (κ2) is 2.16. The van der Waals surface area contributed by atoms with Gasteiger partial charge in [-0.15, -0.1) is 0 Å². The third-order valence-corrected chi connectivity index (χ3v) is 0.698. The zero-order valence-corrected chi connectivity index (χ0v) is 4.05. The fraction of sp³-hybridized carbons (Fsp3) is 1.00. The molecule has 0 aliphatic rings. The molecule has 0 unspecified atom stereocenters. The molecule has 0 radical (unpaired) electrons. The van der Waals surface area contributed by atoms with Crippen LogP contribution in [-0.4, -0.2) is 22.4 Å². The molecule has 2 atom stereocenters. The van der Waals surface area contributed by atoms with Crippen molar-refractivity contribution in [2.45, 2.75) is 26.1 Å². The summed E-state index contributed by atoms with van der Waals surface area (Å²) in [5.74, 6) is 0. The van der Waals surface area contributed by atoms with Crippen LogP contribution in [0.15, 0.2) is 0 Å². The molecule has 0 rings (SSSR count). The van der Waals surface area contributed by atoms with E-state index >= 15 is 0 Å². The molecular weight excluding hydrogens is 80.0 g/mol. The van der Waals surface area contributed by atoms with Crippen molar-refractivity contribution < 1.29 is 10.2 Å². The van der Waals surface area contributed by atoms with Crippen molar-refractivity contribution in [1.29, 1.82) is 0 Å². The summed E-state index contributed by atoms with van der Waals surface area (Å²) in [5.41, 5.74) is 0. The van der Waals surface area contributed by atoms with E-state index in [4.69, 9.17) is 10.2 Å². The molecular formula is C4H10O2. The van der Waals surface area contributed by atoms with Gasteiger partial charge in [0.25, 0.3) is 0 Å². The van der Waals surface area contributed by atoms with Gasteiger partial charge in [0.2, 0.25) is 0 Å². The van der Waals surface area contributed by atoms with Crippen LogP contribution in [0.4, 0.5) is 0 Å². The van der Waals surface area contributed by atoms with Crippen molar-refractivity contribution in [3.8, 4) is 0 Å². The van der Waals surface area contributed by atoms with Crippen molar-refractivity contribution in [3.63, 3.8) is 0 Å². The van der Waals surface area contributed by atoms with E-state index in [-0.39, 0.29) is 0 Å². The van der Waals surface area contributed by atoms with E-state index in [9.17, 15) is 0 Å². The standard InChI is InChI=1S/C4H10O2/c1-3(5)4(2)6/h3-6H,1-2H3/t3-,4-/m0/s1. The van der Waals surface area contributed by atoms with Crippen molar-refractivity contribution in [1.82, 2.24) is 0 Å². The Morgan fingerprint density at radius 2 is 1.17 bits per heavy atom. The topological polar surface area (TPSA) is 40.5 Å². The van der Waals surface area contributed by atoms with Gasteiger partial charge in [-0.2, -0.15) is 0 Å². The molecule has 38 valence electrons. The van der Waals surface area contributed by atoms with E-state index in [0.717, 1.165) is 0 Å². The van der Waals surface area contributed by atoms with Crippen molar-refractivity contribution in [2.24, 2.45) is 0 Å². The molecule has 0 spiro atoms. The first-order chi connectivity index (χ1) is 2.64. The first-order valence-corrected chi connectivity index (χ1v) is 2.00. The highest BCUT2D eigenvalue weighted by Gasteiger charge is 1.99. The monoisotopic (exact) mass is 90.1 g/mol. The minimum Gasteiger partial charge on any atom is -0.391 e. The molecule has 0 aromatic heterocycles. The lowest BCUT2D eigenvalue weighted by Gasteiger charge is -2.03. The summed E-state index contributed by atoms with van der Waals surface area (Å²) in [6.45, 7) is 3.09. The van der Waals surface area contributed by atoms with Crippen LogP contribution >= 0.6 is 0 Å². The van der Waals surface area contributed by atoms with Gasteiger partial charge in [-0.25, -0.2) is 0 Å². The maximum Gasteiger partial charge on any atom is 0.0768 e. The SMILES string of the molecule is C[C@H](O)[C@H](C)O. The first kappa shape index (κ1) is 5.92. The summed E-state index contributed by atoms with van der Waals surface area (Å²) in [6.07, 6.45) is -1.19. The van der Waals surface area contributed by atoms with Crippen LogP contribution < -0.4 is 0 Å². The summed E-state index contributed by atoms with van der Waals surface area (Å²) < 4.78 is 0. The van der Waals surface area contributed by atoms with Gasteiger partial charge in [-0.1, -0.05) is 0 Å². The van der Waals surface area contributed by atoms with Gasteiger partial charge in [0.15, 0.2) is 0 Å². The summed E-state index contributed by atoms with van der Waals surface area (Å²) >= 11 is 0. The molecule has 0 heterocycles. The van der Waals surface area contributed by atoms with Gasteiger partial charge >= 0.3 is 0 Å². The van der Waals surface area contributed by atoms with Crippen molar-refractivity contribution >= 4 is 0 Å². The second-order valence-corrected chi connectivity index (χ2v) is 1.48. The zero-order chi connectivity index (χ0) is 5.15. The smallest absolute Gasteiger partial charge is 0.0768 e. The van der Waals surface area contributed by atoms with Crippen molar-refractivity contribution in [2.75, 3.05) is 0 Å². The Morgan fingerprint density at radius 3 is 1.17 bits per heavy atom. The van der Waals surface area contributed by atoms with Crippen LogP contribution in [0, 0.1) is 0 Å². The molecule has 2 nitrogen and oxygen atoms in total. The first-order valence-electron chi connectivity index (χ1n) is 2.00. The predicted octanol–water partition coefficient (Wildman–Crippen LogP) is -0.252. The van der Waals surface area contributed by atoms with Crippen LogP contribution in [0.2, 0.25) is 0 Å². The van der Waals surface area contributed by atoms with E-state index < -0.39 is 12.2 Å². The fourth-order valence-corrected chi connectivity index (χ4v) is 0. The van der Waals surface area contributed by atoms with E-state index in [0.29, 0.717) is 0 Å². The van der Waals surface area contributed by atoms with Crippen molar-refractivity contribution in [3.05, 3.63) is 0 Å². The number of hydrogen-bond donors (Lipinski definition) is 2. The number of rotatable bonds is 1. The highest BCUT2D eigenvalue weighted by Crippen LogP contribution is 1.85. The third kappa shape index (κ3) is 2.18. The molecule has 0 fully saturated rings. The molecule has 0 amide bonds. The normalized spacial score (nSPS) is 20.0. The maximum absolute atomic E-state index is 8.38. The van der Waals surface area contributed by atoms with Gasteiger partial charge < -0.3 is 10.2 Å². The highest BCUT2D eigenvalue weighted by atomic mass is 16.3. The lowest BCUT2D eigenvalue weighted by atomic mass is 10.3. The summed E-state index contributed by atoms with van der Waals surface area (Å²) in [4.78, 5) is 0. The Bertz CT molecular complexity index is 26.5. The van der Waals surface area contributed by atoms with E-state index in [1.807, 2.05) is 0 Å². The zero-order valence-electron chi connectivity index (χ0n) is 4.05. The highest BCUT2D eigenvalue weighted by molar-refractivity contribution is 4.50. The lowest BCUT2D eigenvalue weighted by molar-refractivity contribution is 0.0438. The summed E-state index contributed by atoms with van der Waals surface area (Å²) in [5, 5.41) is 16.8. The quantitative estimate of drug-likeness (QED) is 0.466. The van der Waals surface area contributed by atoms with Crippen LogP contribution in [0.3, 0.4) is 0 Å². The lowest BCUT2D eigenvalue weighted by Crippen LogP contribution is -2.17. The largest absolute Gasteiger partial charge is 0.391 e. The van der Waals surface area contributed by atoms with E-state index in [1.165, 1.54) is 0 Å². The fourth-order valence-electron chi connectivity index (χ4n) is 0. The van der Waals surface area contributed by atoms with Gasteiger partial charge in [0.05, 0.1) is 12.2 Å². The average molecular weight is 90.1 g/mol. The summed E-state index contributed by atoms with van der Waals surface area (Å²) in [7, 11) is 0. The molecule has 0 aromatic carbocycles. The molecule has 0 bridgehead atoms. The maximum atomic E-state index is 8.38. The molecule has 0 aliphatic heterocycles. The van der Waals surface area contributed by atoms with Gasteiger partial charge in [-0.3, -0.25) is 0 Å². The molecule has 0 saturated carbocycles. The van der Waals surface area contributed by atoms with Gasteiger partial charge in [0, 0.05) is 0 Å². The molecule has 2 heteroatoms. The molecule has 0 saturated heterocycles. The van der Waals surface area contributed by atoms with E-state index in [1.54, 1.807) is 13.8 Å². The minimum absolute atomic E-state index is 0.593. The van der Waals surface area contributed by atoms with Crippen LogP contribution in [0.1, 0.15) is 13.8 Å². The Kier molecular flexibility index (Phi) is 2.13. The van der Waals surface area contributed by atoms with Crippen LogP contribution in [0.25, 0.3) is 0 Å². The van der Waals surface area contributed by atoms with Gasteiger partial charge in [0.1, 0.15) is 0 Å². The molecule has 0 aliphatic carbocycles. The molecule has 0 aromatic rings. The third-order valence-electron chi connectivity index (χ3n) is 0.698. The summed E-state index contributed by atoms with van der Waals surface area (Å²) in [6, 6.07) is 0. The number of hydrogen-bond acceptors (Lipinski definition) is 2. The van der Waals surface area contributed by atoms with Crippen LogP contribution in [0.5, 0.6) is 0 Å². The van der Waals surface area contributed by atoms with Gasteiger partial charge in [-0.05, 0) is 13.8 Å². The minimum atomic E-state index is -0.593. The Morgan fingerprint density at radius 1 is 1.00 bits per heavy atom. The Labute approximate surface area is 37.4 Å². The Hall–Kier alpha value is -0.0800. The predicted molar refractivity (Wildman–Crippen MR) is 23.4 cm³/mol. The molecule has 2 N–H and O–H groups in total. The van der Waals surface area contributed by atoms with Crippen LogP contribution in [-0.2, 0) is 0 Å². The number of aliphatic hydroxyl groups excluding tert-OH is 2. The molecule has 6 heavy (non-hydrogen) atoms. The van der Waals surface area contributed by atoms with E-state index in [2.05, 4.69) is 0 Å². The number of aliphatic hydroxyl groups is 2. The average Bonchev–Trinajstić information content (AvgIpc) is 1.36.